The Morgan fingerprint density at radius 1 is 0.652 bits per heavy atom. The van der Waals surface area contributed by atoms with Crippen molar-refractivity contribution in [2.45, 2.75) is 6.04 Å². The molecule has 0 aliphatic carbocycles. The number of nitrogens with zero attached hydrogens (tertiary/aromatic N) is 1. The molecule has 0 saturated heterocycles. The van der Waals surface area contributed by atoms with Crippen molar-refractivity contribution in [1.82, 2.24) is 0 Å². The lowest BCUT2D eigenvalue weighted by atomic mass is 10.0. The van der Waals surface area contributed by atoms with Crippen LogP contribution in [0.1, 0.15) is 17.2 Å². The summed E-state index contributed by atoms with van der Waals surface area (Å²) in [5, 5.41) is 1.97. The van der Waals surface area contributed by atoms with E-state index in [9.17, 15) is 0 Å². The molecule has 0 aromatic heterocycles. The second-order valence-electron chi connectivity index (χ2n) is 5.51. The standard InChI is InChI=1S/C21H17NO/c1-4-10-17(11-5-1)20-16-21(18-12-6-2-7-13-18)23-22(20)19-14-8-3-9-15-19/h1-16,20H. The summed E-state index contributed by atoms with van der Waals surface area (Å²) in [6, 6.07) is 30.9. The van der Waals surface area contributed by atoms with Crippen LogP contribution in [0.25, 0.3) is 5.76 Å². The van der Waals surface area contributed by atoms with E-state index in [4.69, 9.17) is 4.84 Å². The smallest absolute Gasteiger partial charge is 0.161 e. The molecule has 1 atom stereocenters. The third-order valence-electron chi connectivity index (χ3n) is 3.97. The van der Waals surface area contributed by atoms with Gasteiger partial charge in [-0.15, -0.1) is 0 Å². The minimum Gasteiger partial charge on any atom is -0.378 e. The monoisotopic (exact) mass is 299 g/mol. The summed E-state index contributed by atoms with van der Waals surface area (Å²) in [5.74, 6) is 0.892. The highest BCUT2D eigenvalue weighted by atomic mass is 16.7. The largest absolute Gasteiger partial charge is 0.378 e. The molecule has 0 N–H and O–H groups in total. The van der Waals surface area contributed by atoms with Crippen LogP contribution in [-0.4, -0.2) is 0 Å². The predicted molar refractivity (Wildman–Crippen MR) is 93.6 cm³/mol. The van der Waals surface area contributed by atoms with E-state index < -0.39 is 0 Å². The Bertz CT molecular complexity index is 797. The Hall–Kier alpha value is -3.00. The van der Waals surface area contributed by atoms with Crippen LogP contribution < -0.4 is 5.06 Å². The van der Waals surface area contributed by atoms with Crippen LogP contribution in [0, 0.1) is 0 Å². The lowest BCUT2D eigenvalue weighted by Gasteiger charge is -2.25. The molecule has 1 aliphatic rings. The summed E-state index contributed by atoms with van der Waals surface area (Å²) in [5.41, 5.74) is 3.35. The molecule has 112 valence electrons. The van der Waals surface area contributed by atoms with E-state index in [1.165, 1.54) is 5.56 Å². The van der Waals surface area contributed by atoms with E-state index >= 15 is 0 Å². The molecule has 3 aromatic carbocycles. The van der Waals surface area contributed by atoms with Gasteiger partial charge in [-0.05, 0) is 23.8 Å². The van der Waals surface area contributed by atoms with Gasteiger partial charge in [0.25, 0.3) is 0 Å². The molecule has 2 nitrogen and oxygen atoms in total. The molecule has 1 unspecified atom stereocenters. The SMILES string of the molecule is C1=C(c2ccccc2)ON(c2ccccc2)C1c1ccccc1. The van der Waals surface area contributed by atoms with Crippen LogP contribution in [0.4, 0.5) is 5.69 Å². The Morgan fingerprint density at radius 2 is 1.22 bits per heavy atom. The van der Waals surface area contributed by atoms with Gasteiger partial charge in [-0.25, -0.2) is 0 Å². The summed E-state index contributed by atoms with van der Waals surface area (Å²) in [7, 11) is 0. The van der Waals surface area contributed by atoms with Gasteiger partial charge in [0, 0.05) is 5.56 Å². The van der Waals surface area contributed by atoms with Gasteiger partial charge in [0.1, 0.15) is 6.04 Å². The highest BCUT2D eigenvalue weighted by molar-refractivity contribution is 5.67. The zero-order chi connectivity index (χ0) is 15.5. The maximum absolute atomic E-state index is 6.20. The lowest BCUT2D eigenvalue weighted by molar-refractivity contribution is 0.247. The zero-order valence-corrected chi connectivity index (χ0v) is 12.7. The molecule has 2 heteroatoms. The second kappa shape index (κ2) is 6.01. The number of hydroxylamine groups is 1. The fourth-order valence-corrected chi connectivity index (χ4v) is 2.83. The van der Waals surface area contributed by atoms with Gasteiger partial charge in [0.2, 0.25) is 0 Å². The third kappa shape index (κ3) is 2.71. The van der Waals surface area contributed by atoms with Crippen LogP contribution in [-0.2, 0) is 4.84 Å². The second-order valence-corrected chi connectivity index (χ2v) is 5.51. The number of para-hydroxylation sites is 1. The molecule has 3 aromatic rings. The van der Waals surface area contributed by atoms with E-state index in [2.05, 4.69) is 54.6 Å². The van der Waals surface area contributed by atoms with E-state index in [0.717, 1.165) is 17.0 Å². The Balaban J connectivity index is 1.75. The number of benzene rings is 3. The van der Waals surface area contributed by atoms with E-state index in [-0.39, 0.29) is 6.04 Å². The fourth-order valence-electron chi connectivity index (χ4n) is 2.83. The molecule has 0 amide bonds. The first-order valence-electron chi connectivity index (χ1n) is 7.76. The Morgan fingerprint density at radius 3 is 1.87 bits per heavy atom. The van der Waals surface area contributed by atoms with Gasteiger partial charge in [-0.1, -0.05) is 78.9 Å². The fraction of sp³-hybridized carbons (Fsp3) is 0.0476. The van der Waals surface area contributed by atoms with Gasteiger partial charge in [0.15, 0.2) is 5.76 Å². The lowest BCUT2D eigenvalue weighted by Crippen LogP contribution is -2.21. The van der Waals surface area contributed by atoms with E-state index in [1.807, 2.05) is 47.5 Å². The van der Waals surface area contributed by atoms with Crippen LogP contribution >= 0.6 is 0 Å². The summed E-state index contributed by atoms with van der Waals surface area (Å²) in [6.45, 7) is 0. The number of rotatable bonds is 3. The minimum absolute atomic E-state index is 0.0637. The molecule has 23 heavy (non-hydrogen) atoms. The highest BCUT2D eigenvalue weighted by Crippen LogP contribution is 2.38. The summed E-state index contributed by atoms with van der Waals surface area (Å²) in [6.07, 6.45) is 2.18. The predicted octanol–water partition coefficient (Wildman–Crippen LogP) is 5.22. The third-order valence-corrected chi connectivity index (χ3v) is 3.97. The van der Waals surface area contributed by atoms with Gasteiger partial charge < -0.3 is 4.84 Å². The Labute approximate surface area is 136 Å². The molecule has 1 heterocycles. The van der Waals surface area contributed by atoms with Crippen molar-refractivity contribution in [3.63, 3.8) is 0 Å². The van der Waals surface area contributed by atoms with Gasteiger partial charge in [-0.2, -0.15) is 5.06 Å². The number of hydrogen-bond donors (Lipinski definition) is 0. The average Bonchev–Trinajstić information content (AvgIpc) is 3.09. The first-order valence-corrected chi connectivity index (χ1v) is 7.76. The molecule has 0 bridgehead atoms. The van der Waals surface area contributed by atoms with E-state index in [0.29, 0.717) is 0 Å². The van der Waals surface area contributed by atoms with Crippen molar-refractivity contribution in [2.75, 3.05) is 5.06 Å². The van der Waals surface area contributed by atoms with Crippen molar-refractivity contribution in [3.05, 3.63) is 108 Å². The molecule has 0 fully saturated rings. The number of anilines is 1. The molecule has 0 saturated carbocycles. The maximum atomic E-state index is 6.20. The molecular weight excluding hydrogens is 282 g/mol. The molecule has 0 radical (unpaired) electrons. The topological polar surface area (TPSA) is 12.5 Å². The zero-order valence-electron chi connectivity index (χ0n) is 12.7. The van der Waals surface area contributed by atoms with E-state index in [1.54, 1.807) is 0 Å². The van der Waals surface area contributed by atoms with Crippen molar-refractivity contribution in [2.24, 2.45) is 0 Å². The molecule has 4 rings (SSSR count). The first kappa shape index (κ1) is 13.6. The summed E-state index contributed by atoms with van der Waals surface area (Å²) < 4.78 is 0. The number of hydrogen-bond acceptors (Lipinski definition) is 2. The van der Waals surface area contributed by atoms with Crippen molar-refractivity contribution in [1.29, 1.82) is 0 Å². The average molecular weight is 299 g/mol. The van der Waals surface area contributed by atoms with Gasteiger partial charge >= 0.3 is 0 Å². The van der Waals surface area contributed by atoms with Gasteiger partial charge in [0.05, 0.1) is 5.69 Å². The quantitative estimate of drug-likeness (QED) is 0.657. The normalized spacial score (nSPS) is 16.8. The van der Waals surface area contributed by atoms with Crippen molar-refractivity contribution in [3.8, 4) is 0 Å². The summed E-state index contributed by atoms with van der Waals surface area (Å²) >= 11 is 0. The van der Waals surface area contributed by atoms with Crippen molar-refractivity contribution >= 4 is 11.4 Å². The highest BCUT2D eigenvalue weighted by Gasteiger charge is 2.29. The van der Waals surface area contributed by atoms with Crippen LogP contribution in [0.15, 0.2) is 97.1 Å². The Kier molecular flexibility index (Phi) is 3.57. The molecule has 1 aliphatic heterocycles. The van der Waals surface area contributed by atoms with Crippen LogP contribution in [0.3, 0.4) is 0 Å². The summed E-state index contributed by atoms with van der Waals surface area (Å²) in [4.78, 5) is 6.20. The van der Waals surface area contributed by atoms with Crippen LogP contribution in [0.5, 0.6) is 0 Å². The van der Waals surface area contributed by atoms with Crippen molar-refractivity contribution < 1.29 is 4.84 Å². The van der Waals surface area contributed by atoms with Gasteiger partial charge in [-0.3, -0.25) is 0 Å². The minimum atomic E-state index is 0.0637. The molecule has 0 spiro atoms. The van der Waals surface area contributed by atoms with Crippen LogP contribution in [0.2, 0.25) is 0 Å². The molecular formula is C21H17NO. The first-order chi connectivity index (χ1) is 11.4. The maximum Gasteiger partial charge on any atom is 0.161 e.